The Morgan fingerprint density at radius 3 is 2.90 bits per heavy atom. The van der Waals surface area contributed by atoms with Gasteiger partial charge in [-0.15, -0.1) is 0 Å². The Balaban J connectivity index is 2.45. The van der Waals surface area contributed by atoms with E-state index in [1.807, 2.05) is 0 Å². The van der Waals surface area contributed by atoms with Gasteiger partial charge in [-0.25, -0.2) is 12.8 Å². The summed E-state index contributed by atoms with van der Waals surface area (Å²) in [6.45, 7) is -0.0300. The average molecular weight is 334 g/mol. The highest BCUT2D eigenvalue weighted by Crippen LogP contribution is 2.24. The van der Waals surface area contributed by atoms with E-state index in [1.165, 1.54) is 12.1 Å². The molecule has 1 aliphatic rings. The number of morpholine rings is 1. The van der Waals surface area contributed by atoms with Gasteiger partial charge in [0.1, 0.15) is 10.8 Å². The second-order valence-electron chi connectivity index (χ2n) is 4.52. The molecule has 9 heteroatoms. The number of benzene rings is 1. The SMILES string of the molecule is NC(=S)c1c(F)cccc1S(=O)(=O)N1CCOC(CO)C1. The van der Waals surface area contributed by atoms with Crippen molar-refractivity contribution in [3.63, 3.8) is 0 Å². The summed E-state index contributed by atoms with van der Waals surface area (Å²) in [5, 5.41) is 9.08. The van der Waals surface area contributed by atoms with Gasteiger partial charge in [0.15, 0.2) is 0 Å². The zero-order valence-corrected chi connectivity index (χ0v) is 12.7. The minimum absolute atomic E-state index is 0.00782. The molecule has 1 aliphatic heterocycles. The number of ether oxygens (including phenoxy) is 1. The second kappa shape index (κ2) is 6.32. The van der Waals surface area contributed by atoms with E-state index in [9.17, 15) is 12.8 Å². The molecule has 0 spiro atoms. The molecule has 0 saturated carbocycles. The minimum atomic E-state index is -3.97. The number of hydrogen-bond acceptors (Lipinski definition) is 5. The molecule has 1 aromatic carbocycles. The van der Waals surface area contributed by atoms with Crippen LogP contribution in [0.1, 0.15) is 5.56 Å². The molecule has 1 unspecified atom stereocenters. The zero-order valence-electron chi connectivity index (χ0n) is 11.0. The molecule has 0 aliphatic carbocycles. The van der Waals surface area contributed by atoms with Crippen molar-refractivity contribution in [3.05, 3.63) is 29.6 Å². The summed E-state index contributed by atoms with van der Waals surface area (Å²) in [4.78, 5) is -0.591. The Hall–Kier alpha value is -1.13. The maximum absolute atomic E-state index is 13.8. The maximum Gasteiger partial charge on any atom is 0.244 e. The lowest BCUT2D eigenvalue weighted by atomic mass is 10.2. The summed E-state index contributed by atoms with van der Waals surface area (Å²) in [5.41, 5.74) is 5.15. The molecule has 116 valence electrons. The van der Waals surface area contributed by atoms with E-state index in [1.54, 1.807) is 0 Å². The van der Waals surface area contributed by atoms with Crippen LogP contribution in [0, 0.1) is 5.82 Å². The van der Waals surface area contributed by atoms with Gasteiger partial charge >= 0.3 is 0 Å². The van der Waals surface area contributed by atoms with Crippen LogP contribution in [0.15, 0.2) is 23.1 Å². The number of hydrogen-bond donors (Lipinski definition) is 2. The first kappa shape index (κ1) is 16.2. The first-order valence-corrected chi connectivity index (χ1v) is 8.03. The van der Waals surface area contributed by atoms with E-state index in [-0.39, 0.29) is 41.8 Å². The van der Waals surface area contributed by atoms with Gasteiger partial charge < -0.3 is 15.6 Å². The van der Waals surface area contributed by atoms with Gasteiger partial charge in [0, 0.05) is 13.1 Å². The summed E-state index contributed by atoms with van der Waals surface area (Å²) in [6, 6.07) is 3.65. The Morgan fingerprint density at radius 1 is 1.57 bits per heavy atom. The monoisotopic (exact) mass is 334 g/mol. The molecule has 0 bridgehead atoms. The maximum atomic E-state index is 13.8. The van der Waals surface area contributed by atoms with Gasteiger partial charge in [0.25, 0.3) is 0 Å². The number of aliphatic hydroxyl groups excluding tert-OH is 1. The number of sulfonamides is 1. The summed E-state index contributed by atoms with van der Waals surface area (Å²) in [7, 11) is -3.97. The summed E-state index contributed by atoms with van der Waals surface area (Å²) < 4.78 is 45.4. The molecule has 1 aromatic rings. The molecule has 1 atom stereocenters. The van der Waals surface area contributed by atoms with Crippen molar-refractivity contribution in [3.8, 4) is 0 Å². The lowest BCUT2D eigenvalue weighted by Crippen LogP contribution is -2.47. The van der Waals surface area contributed by atoms with Crippen LogP contribution in [0.3, 0.4) is 0 Å². The van der Waals surface area contributed by atoms with Gasteiger partial charge in [-0.2, -0.15) is 4.31 Å². The summed E-state index contributed by atoms with van der Waals surface area (Å²) in [6.07, 6.45) is -0.602. The molecule has 3 N–H and O–H groups in total. The van der Waals surface area contributed by atoms with Crippen molar-refractivity contribution in [1.82, 2.24) is 4.31 Å². The van der Waals surface area contributed by atoms with E-state index in [2.05, 4.69) is 0 Å². The molecule has 1 saturated heterocycles. The number of thiocarbonyl (C=S) groups is 1. The van der Waals surface area contributed by atoms with Crippen molar-refractivity contribution >= 4 is 27.2 Å². The second-order valence-corrected chi connectivity index (χ2v) is 6.86. The van der Waals surface area contributed by atoms with E-state index in [0.717, 1.165) is 10.4 Å². The highest BCUT2D eigenvalue weighted by molar-refractivity contribution is 7.89. The third-order valence-electron chi connectivity index (χ3n) is 3.14. The van der Waals surface area contributed by atoms with E-state index in [4.69, 9.17) is 27.8 Å². The number of aliphatic hydroxyl groups is 1. The van der Waals surface area contributed by atoms with Gasteiger partial charge in [-0.05, 0) is 12.1 Å². The molecule has 1 heterocycles. The summed E-state index contributed by atoms with van der Waals surface area (Å²) >= 11 is 4.74. The lowest BCUT2D eigenvalue weighted by Gasteiger charge is -2.31. The molecule has 0 aromatic heterocycles. The van der Waals surface area contributed by atoms with Gasteiger partial charge in [-0.1, -0.05) is 18.3 Å². The van der Waals surface area contributed by atoms with Crippen LogP contribution in [0.25, 0.3) is 0 Å². The quantitative estimate of drug-likeness (QED) is 0.744. The number of nitrogens with zero attached hydrogens (tertiary/aromatic N) is 1. The van der Waals surface area contributed by atoms with Crippen LogP contribution in [-0.2, 0) is 14.8 Å². The Morgan fingerprint density at radius 2 is 2.29 bits per heavy atom. The van der Waals surface area contributed by atoms with Gasteiger partial charge in [-0.3, -0.25) is 0 Å². The number of nitrogens with two attached hydrogens (primary N) is 1. The molecular formula is C12H15FN2O4S2. The molecule has 0 amide bonds. The standard InChI is InChI=1S/C12H15FN2O4S2/c13-9-2-1-3-10(11(9)12(14)20)21(17,18)15-4-5-19-8(6-15)7-16/h1-3,8,16H,4-7H2,(H2,14,20). The van der Waals surface area contributed by atoms with Crippen LogP contribution < -0.4 is 5.73 Å². The van der Waals surface area contributed by atoms with Crippen LogP contribution in [0.5, 0.6) is 0 Å². The number of rotatable bonds is 4. The molecule has 0 radical (unpaired) electrons. The Kier molecular flexibility index (Phi) is 4.89. The molecule has 1 fully saturated rings. The van der Waals surface area contributed by atoms with Crippen molar-refractivity contribution in [1.29, 1.82) is 0 Å². The number of halogens is 1. The van der Waals surface area contributed by atoms with E-state index in [0.29, 0.717) is 0 Å². The van der Waals surface area contributed by atoms with Crippen LogP contribution >= 0.6 is 12.2 Å². The fourth-order valence-electron chi connectivity index (χ4n) is 2.12. The van der Waals surface area contributed by atoms with Crippen molar-refractivity contribution in [2.24, 2.45) is 5.73 Å². The third kappa shape index (κ3) is 3.22. The lowest BCUT2D eigenvalue weighted by molar-refractivity contribution is -0.0304. The van der Waals surface area contributed by atoms with Gasteiger partial charge in [0.05, 0.1) is 29.8 Å². The third-order valence-corrected chi connectivity index (χ3v) is 5.26. The Labute approximate surface area is 127 Å². The highest BCUT2D eigenvalue weighted by Gasteiger charge is 2.33. The van der Waals surface area contributed by atoms with E-state index >= 15 is 0 Å². The fourth-order valence-corrected chi connectivity index (χ4v) is 4.06. The highest BCUT2D eigenvalue weighted by atomic mass is 32.2. The van der Waals surface area contributed by atoms with Crippen LogP contribution in [0.2, 0.25) is 0 Å². The van der Waals surface area contributed by atoms with Crippen molar-refractivity contribution < 1.29 is 22.7 Å². The summed E-state index contributed by atoms with van der Waals surface area (Å²) in [5.74, 6) is -0.782. The minimum Gasteiger partial charge on any atom is -0.394 e. The molecule has 21 heavy (non-hydrogen) atoms. The zero-order chi connectivity index (χ0) is 15.6. The fraction of sp³-hybridized carbons (Fsp3) is 0.417. The predicted molar refractivity (Wildman–Crippen MR) is 77.9 cm³/mol. The van der Waals surface area contributed by atoms with Gasteiger partial charge in [0.2, 0.25) is 10.0 Å². The Bertz CT molecular complexity index is 651. The first-order chi connectivity index (χ1) is 9.87. The van der Waals surface area contributed by atoms with E-state index < -0.39 is 21.9 Å². The van der Waals surface area contributed by atoms with Crippen LogP contribution in [-0.4, -0.2) is 55.2 Å². The molecule has 6 nitrogen and oxygen atoms in total. The van der Waals surface area contributed by atoms with Crippen molar-refractivity contribution in [2.75, 3.05) is 26.3 Å². The molecule has 2 rings (SSSR count). The predicted octanol–water partition coefficient (Wildman–Crippen LogP) is -0.158. The smallest absolute Gasteiger partial charge is 0.244 e. The average Bonchev–Trinajstić information content (AvgIpc) is 2.46. The largest absolute Gasteiger partial charge is 0.394 e. The van der Waals surface area contributed by atoms with Crippen LogP contribution in [0.4, 0.5) is 4.39 Å². The first-order valence-electron chi connectivity index (χ1n) is 6.19. The molecular weight excluding hydrogens is 319 g/mol. The normalized spacial score (nSPS) is 20.4. The van der Waals surface area contributed by atoms with Crippen molar-refractivity contribution in [2.45, 2.75) is 11.0 Å². The topological polar surface area (TPSA) is 92.9 Å².